The normalized spacial score (nSPS) is 18.8. The first-order chi connectivity index (χ1) is 11.9. The van der Waals surface area contributed by atoms with Crippen molar-refractivity contribution >= 4 is 11.8 Å². The first-order valence-corrected chi connectivity index (χ1v) is 9.24. The summed E-state index contributed by atoms with van der Waals surface area (Å²) in [7, 11) is 0. The maximum Gasteiger partial charge on any atom is 0.287 e. The number of hydrogen-bond acceptors (Lipinski definition) is 4. The molecule has 1 aliphatic heterocycles. The van der Waals surface area contributed by atoms with Crippen LogP contribution >= 0.6 is 0 Å². The molecule has 1 aromatic rings. The number of hydrogen-bond donors (Lipinski definition) is 2. The van der Waals surface area contributed by atoms with Gasteiger partial charge in [0.1, 0.15) is 6.04 Å². The van der Waals surface area contributed by atoms with Crippen molar-refractivity contribution in [3.8, 4) is 0 Å². The number of piperidine rings is 1. The summed E-state index contributed by atoms with van der Waals surface area (Å²) in [5.41, 5.74) is 0. The first-order valence-electron chi connectivity index (χ1n) is 9.24. The minimum Gasteiger partial charge on any atom is -0.459 e. The Kier molecular flexibility index (Phi) is 7.05. The molecule has 1 fully saturated rings. The third-order valence-electron chi connectivity index (χ3n) is 4.99. The van der Waals surface area contributed by atoms with Gasteiger partial charge in [0.05, 0.1) is 6.26 Å². The van der Waals surface area contributed by atoms with E-state index in [4.69, 9.17) is 4.42 Å². The van der Waals surface area contributed by atoms with Crippen molar-refractivity contribution in [1.29, 1.82) is 0 Å². The third kappa shape index (κ3) is 5.59. The number of rotatable bonds is 7. The van der Waals surface area contributed by atoms with E-state index in [1.807, 2.05) is 13.8 Å². The molecule has 0 saturated carbocycles. The second-order valence-electron chi connectivity index (χ2n) is 7.49. The molecule has 6 nitrogen and oxygen atoms in total. The second kappa shape index (κ2) is 9.04. The summed E-state index contributed by atoms with van der Waals surface area (Å²) in [4.78, 5) is 27.1. The highest BCUT2D eigenvalue weighted by atomic mass is 16.3. The Bertz CT molecular complexity index is 548. The molecular formula is C19H31N3O3. The van der Waals surface area contributed by atoms with Gasteiger partial charge in [-0.05, 0) is 56.8 Å². The Morgan fingerprint density at radius 3 is 2.52 bits per heavy atom. The van der Waals surface area contributed by atoms with E-state index in [-0.39, 0.29) is 23.5 Å². The summed E-state index contributed by atoms with van der Waals surface area (Å²) >= 11 is 0. The predicted octanol–water partition coefficient (Wildman–Crippen LogP) is 2.27. The van der Waals surface area contributed by atoms with Gasteiger partial charge in [0.25, 0.3) is 5.91 Å². The minimum absolute atomic E-state index is 0.00921. The highest BCUT2D eigenvalue weighted by Gasteiger charge is 2.27. The van der Waals surface area contributed by atoms with E-state index in [9.17, 15) is 9.59 Å². The zero-order chi connectivity index (χ0) is 18.4. The molecule has 0 bridgehead atoms. The Hall–Kier alpha value is -1.82. The zero-order valence-electron chi connectivity index (χ0n) is 15.7. The Labute approximate surface area is 150 Å². The molecule has 2 heterocycles. The largest absolute Gasteiger partial charge is 0.459 e. The van der Waals surface area contributed by atoms with Crippen LogP contribution in [0.4, 0.5) is 0 Å². The molecular weight excluding hydrogens is 318 g/mol. The summed E-state index contributed by atoms with van der Waals surface area (Å²) in [6.07, 6.45) is 3.87. The molecule has 2 atom stereocenters. The fraction of sp³-hybridized carbons (Fsp3) is 0.684. The van der Waals surface area contributed by atoms with Gasteiger partial charge in [0.2, 0.25) is 5.91 Å². The van der Waals surface area contributed by atoms with Crippen LogP contribution in [0.5, 0.6) is 0 Å². The van der Waals surface area contributed by atoms with Crippen molar-refractivity contribution in [1.82, 2.24) is 15.5 Å². The Morgan fingerprint density at radius 2 is 1.96 bits per heavy atom. The van der Waals surface area contributed by atoms with Crippen molar-refractivity contribution < 1.29 is 14.0 Å². The van der Waals surface area contributed by atoms with Crippen molar-refractivity contribution in [2.24, 2.45) is 11.8 Å². The van der Waals surface area contributed by atoms with Crippen LogP contribution in [0.25, 0.3) is 0 Å². The second-order valence-corrected chi connectivity index (χ2v) is 7.49. The molecule has 0 unspecified atom stereocenters. The van der Waals surface area contributed by atoms with Crippen LogP contribution in [0.2, 0.25) is 0 Å². The predicted molar refractivity (Wildman–Crippen MR) is 97.2 cm³/mol. The molecule has 1 aromatic heterocycles. The molecule has 0 aliphatic carbocycles. The summed E-state index contributed by atoms with van der Waals surface area (Å²) < 4.78 is 5.09. The molecule has 25 heavy (non-hydrogen) atoms. The van der Waals surface area contributed by atoms with Crippen molar-refractivity contribution in [2.45, 2.75) is 52.6 Å². The van der Waals surface area contributed by atoms with Crippen LogP contribution in [0.3, 0.4) is 0 Å². The van der Waals surface area contributed by atoms with E-state index < -0.39 is 6.04 Å². The first kappa shape index (κ1) is 19.5. The molecule has 1 saturated heterocycles. The van der Waals surface area contributed by atoms with Crippen LogP contribution in [-0.2, 0) is 4.79 Å². The van der Waals surface area contributed by atoms with Gasteiger partial charge in [-0.3, -0.25) is 14.5 Å². The molecule has 6 heteroatoms. The van der Waals surface area contributed by atoms with Crippen LogP contribution < -0.4 is 10.6 Å². The van der Waals surface area contributed by atoms with Crippen LogP contribution in [0, 0.1) is 11.8 Å². The van der Waals surface area contributed by atoms with Gasteiger partial charge in [-0.2, -0.15) is 0 Å². The number of carbonyl (C=O) groups excluding carboxylic acids is 2. The van der Waals surface area contributed by atoms with Gasteiger partial charge >= 0.3 is 0 Å². The monoisotopic (exact) mass is 349 g/mol. The summed E-state index contributed by atoms with van der Waals surface area (Å²) in [6.45, 7) is 11.0. The summed E-state index contributed by atoms with van der Waals surface area (Å²) in [6, 6.07) is 2.96. The number of amides is 2. The van der Waals surface area contributed by atoms with Crippen LogP contribution in [0.15, 0.2) is 22.8 Å². The molecule has 2 rings (SSSR count). The van der Waals surface area contributed by atoms with Crippen LogP contribution in [0.1, 0.15) is 51.1 Å². The quantitative estimate of drug-likeness (QED) is 0.792. The van der Waals surface area contributed by atoms with Gasteiger partial charge in [-0.1, -0.05) is 20.8 Å². The maximum absolute atomic E-state index is 12.6. The molecule has 140 valence electrons. The van der Waals surface area contributed by atoms with Gasteiger partial charge in [0, 0.05) is 12.6 Å². The van der Waals surface area contributed by atoms with E-state index in [2.05, 4.69) is 29.4 Å². The average Bonchev–Trinajstić information content (AvgIpc) is 3.12. The van der Waals surface area contributed by atoms with E-state index >= 15 is 0 Å². The Balaban J connectivity index is 1.84. The standard InChI is InChI=1S/C19H31N3O3/c1-13(2)17(21-18(23)16-6-5-11-25-16)19(24)20-12-15(4)22-9-7-14(3)8-10-22/h5-6,11,13-15,17H,7-10,12H2,1-4H3,(H,20,24)(H,21,23)/t15-,17-/m1/s1. The van der Waals surface area contributed by atoms with E-state index in [1.54, 1.807) is 12.1 Å². The Morgan fingerprint density at radius 1 is 1.28 bits per heavy atom. The van der Waals surface area contributed by atoms with Crippen molar-refractivity contribution in [2.75, 3.05) is 19.6 Å². The lowest BCUT2D eigenvalue weighted by atomic mass is 9.98. The van der Waals surface area contributed by atoms with E-state index in [0.29, 0.717) is 12.6 Å². The fourth-order valence-corrected chi connectivity index (χ4v) is 3.11. The van der Waals surface area contributed by atoms with Gasteiger partial charge in [-0.25, -0.2) is 0 Å². The molecule has 0 radical (unpaired) electrons. The highest BCUT2D eigenvalue weighted by Crippen LogP contribution is 2.17. The fourth-order valence-electron chi connectivity index (χ4n) is 3.11. The molecule has 2 N–H and O–H groups in total. The topological polar surface area (TPSA) is 74.6 Å². The summed E-state index contributed by atoms with van der Waals surface area (Å²) in [5.74, 6) is 0.489. The maximum atomic E-state index is 12.6. The molecule has 1 aliphatic rings. The minimum atomic E-state index is -0.578. The molecule has 0 spiro atoms. The number of nitrogens with zero attached hydrogens (tertiary/aromatic N) is 1. The highest BCUT2D eigenvalue weighted by molar-refractivity contribution is 5.95. The van der Waals surface area contributed by atoms with E-state index in [1.165, 1.54) is 19.1 Å². The van der Waals surface area contributed by atoms with Crippen molar-refractivity contribution in [3.05, 3.63) is 24.2 Å². The lowest BCUT2D eigenvalue weighted by Crippen LogP contribution is -2.52. The van der Waals surface area contributed by atoms with Gasteiger partial charge < -0.3 is 15.1 Å². The van der Waals surface area contributed by atoms with Gasteiger partial charge in [-0.15, -0.1) is 0 Å². The number of furan rings is 1. The lowest BCUT2D eigenvalue weighted by molar-refractivity contribution is -0.124. The van der Waals surface area contributed by atoms with Gasteiger partial charge in [0.15, 0.2) is 5.76 Å². The smallest absolute Gasteiger partial charge is 0.287 e. The SMILES string of the molecule is CC1CCN([C@H](C)CNC(=O)[C@H](NC(=O)c2ccco2)C(C)C)CC1. The third-order valence-corrected chi connectivity index (χ3v) is 4.99. The number of carbonyl (C=O) groups is 2. The van der Waals surface area contributed by atoms with E-state index in [0.717, 1.165) is 19.0 Å². The number of likely N-dealkylation sites (tertiary alicyclic amines) is 1. The summed E-state index contributed by atoms with van der Waals surface area (Å²) in [5, 5.41) is 5.77. The molecule has 0 aromatic carbocycles. The zero-order valence-corrected chi connectivity index (χ0v) is 15.7. The lowest BCUT2D eigenvalue weighted by Gasteiger charge is -2.35. The van der Waals surface area contributed by atoms with Crippen molar-refractivity contribution in [3.63, 3.8) is 0 Å². The molecule has 2 amide bonds. The van der Waals surface area contributed by atoms with Crippen LogP contribution in [-0.4, -0.2) is 48.4 Å². The number of nitrogens with one attached hydrogen (secondary N) is 2. The average molecular weight is 349 g/mol.